The third kappa shape index (κ3) is 4.09. The average Bonchev–Trinajstić information content (AvgIpc) is 2.89. The molecule has 0 unspecified atom stereocenters. The Labute approximate surface area is 170 Å². The molecule has 6 nitrogen and oxygen atoms in total. The van der Waals surface area contributed by atoms with E-state index in [9.17, 15) is 18.8 Å². The Morgan fingerprint density at radius 1 is 1.14 bits per heavy atom. The topological polar surface area (TPSA) is 68.6 Å². The molecule has 0 N–H and O–H groups in total. The monoisotopic (exact) mass is 402 g/mol. The lowest BCUT2D eigenvalue weighted by molar-refractivity contribution is 0.0565. The van der Waals surface area contributed by atoms with E-state index in [1.54, 1.807) is 46.2 Å². The number of nitrogens with zero attached hydrogens (tertiary/aromatic N) is 2. The van der Waals surface area contributed by atoms with Gasteiger partial charge in [-0.05, 0) is 58.4 Å². The van der Waals surface area contributed by atoms with Crippen molar-refractivity contribution in [3.63, 3.8) is 0 Å². The Balaban J connectivity index is 2.48. The summed E-state index contributed by atoms with van der Waals surface area (Å²) < 4.78 is 20.0. The second-order valence-electron chi connectivity index (χ2n) is 7.34. The minimum atomic E-state index is -0.809. The lowest BCUT2D eigenvalue weighted by Crippen LogP contribution is -2.47. The molecule has 0 aliphatic rings. The van der Waals surface area contributed by atoms with E-state index < -0.39 is 23.7 Å². The molecular weight excluding hydrogens is 375 g/mol. The van der Waals surface area contributed by atoms with Crippen molar-refractivity contribution in [3.05, 3.63) is 58.2 Å². The highest BCUT2D eigenvalue weighted by Gasteiger charge is 2.34. The molecule has 1 heterocycles. The van der Waals surface area contributed by atoms with E-state index in [0.717, 1.165) is 6.07 Å². The molecule has 0 spiro atoms. The lowest BCUT2D eigenvalue weighted by Gasteiger charge is -2.32. The fourth-order valence-electron chi connectivity index (χ4n) is 3.69. The zero-order valence-corrected chi connectivity index (χ0v) is 17.9. The molecule has 0 aliphatic heterocycles. The van der Waals surface area contributed by atoms with Crippen LogP contribution in [0.2, 0.25) is 0 Å². The molecule has 0 bridgehead atoms. The van der Waals surface area contributed by atoms with Crippen LogP contribution in [0.1, 0.15) is 63.2 Å². The maximum absolute atomic E-state index is 13.6. The van der Waals surface area contributed by atoms with E-state index >= 15 is 0 Å². The molecule has 2 aromatic rings. The first-order chi connectivity index (χ1) is 13.5. The van der Waals surface area contributed by atoms with Gasteiger partial charge in [0.2, 0.25) is 0 Å². The molecule has 0 radical (unpaired) electrons. The number of amides is 1. The van der Waals surface area contributed by atoms with Crippen molar-refractivity contribution < 1.29 is 23.5 Å². The van der Waals surface area contributed by atoms with Crippen molar-refractivity contribution in [2.24, 2.45) is 7.05 Å². The molecule has 7 heteroatoms. The van der Waals surface area contributed by atoms with Crippen molar-refractivity contribution in [2.75, 3.05) is 7.11 Å². The van der Waals surface area contributed by atoms with Crippen molar-refractivity contribution in [1.82, 2.24) is 9.47 Å². The zero-order chi connectivity index (χ0) is 22.0. The summed E-state index contributed by atoms with van der Waals surface area (Å²) >= 11 is 0. The van der Waals surface area contributed by atoms with Gasteiger partial charge in [-0.3, -0.25) is 9.59 Å². The number of methoxy groups -OCH3 is 1. The molecule has 1 amide bonds. The van der Waals surface area contributed by atoms with E-state index in [0.29, 0.717) is 22.5 Å². The summed E-state index contributed by atoms with van der Waals surface area (Å²) in [6.45, 7) is 8.67. The molecule has 1 aromatic carbocycles. The molecule has 1 atom stereocenters. The molecule has 0 fully saturated rings. The summed E-state index contributed by atoms with van der Waals surface area (Å²) in [6.07, 6.45) is 0. The normalized spacial score (nSPS) is 12.0. The summed E-state index contributed by atoms with van der Waals surface area (Å²) in [5.74, 6) is -1.77. The molecule has 156 valence electrons. The number of ketones is 1. The lowest BCUT2D eigenvalue weighted by atomic mass is 9.98. The predicted molar refractivity (Wildman–Crippen MR) is 108 cm³/mol. The van der Waals surface area contributed by atoms with E-state index in [-0.39, 0.29) is 17.4 Å². The van der Waals surface area contributed by atoms with Crippen molar-refractivity contribution >= 4 is 17.7 Å². The van der Waals surface area contributed by atoms with Crippen LogP contribution in [0.25, 0.3) is 0 Å². The van der Waals surface area contributed by atoms with Gasteiger partial charge in [0.05, 0.1) is 13.2 Å². The quantitative estimate of drug-likeness (QED) is 0.546. The van der Waals surface area contributed by atoms with Crippen LogP contribution in [0.15, 0.2) is 24.3 Å². The van der Waals surface area contributed by atoms with Gasteiger partial charge in [-0.15, -0.1) is 0 Å². The van der Waals surface area contributed by atoms with Gasteiger partial charge in [-0.25, -0.2) is 9.18 Å². The van der Waals surface area contributed by atoms with Crippen molar-refractivity contribution in [1.29, 1.82) is 0 Å². The Hall–Kier alpha value is -2.96. The van der Waals surface area contributed by atoms with Gasteiger partial charge in [-0.1, -0.05) is 6.07 Å². The number of benzene rings is 1. The van der Waals surface area contributed by atoms with Crippen LogP contribution < -0.4 is 0 Å². The number of esters is 1. The van der Waals surface area contributed by atoms with Crippen LogP contribution in [0.4, 0.5) is 4.39 Å². The van der Waals surface area contributed by atoms with Crippen molar-refractivity contribution in [3.8, 4) is 0 Å². The van der Waals surface area contributed by atoms with Gasteiger partial charge < -0.3 is 14.2 Å². The first-order valence-electron chi connectivity index (χ1n) is 9.39. The third-order valence-electron chi connectivity index (χ3n) is 5.21. The largest absolute Gasteiger partial charge is 0.464 e. The first-order valence-corrected chi connectivity index (χ1v) is 9.39. The molecule has 29 heavy (non-hydrogen) atoms. The SMILES string of the molecule is COC(=O)c1c(C)c(C(=O)[C@@H](C)N(C(=O)c2cccc(F)c2)C(C)C)c(C)n1C. The number of hydrogen-bond acceptors (Lipinski definition) is 4. The van der Waals surface area contributed by atoms with Crippen LogP contribution >= 0.6 is 0 Å². The Kier molecular flexibility index (Phi) is 6.62. The van der Waals surface area contributed by atoms with Gasteiger partial charge in [0.25, 0.3) is 5.91 Å². The number of hydrogen-bond donors (Lipinski definition) is 0. The highest BCUT2D eigenvalue weighted by molar-refractivity contribution is 6.07. The number of ether oxygens (including phenoxy) is 1. The second-order valence-corrected chi connectivity index (χ2v) is 7.34. The minimum absolute atomic E-state index is 0.176. The number of halogens is 1. The fraction of sp³-hybridized carbons (Fsp3) is 0.409. The summed E-state index contributed by atoms with van der Waals surface area (Å²) in [6, 6.07) is 4.29. The fourth-order valence-corrected chi connectivity index (χ4v) is 3.69. The van der Waals surface area contributed by atoms with Gasteiger partial charge in [0, 0.05) is 29.9 Å². The molecule has 1 aromatic heterocycles. The Morgan fingerprint density at radius 2 is 1.76 bits per heavy atom. The van der Waals surface area contributed by atoms with Crippen molar-refractivity contribution in [2.45, 2.75) is 46.7 Å². The molecule has 2 rings (SSSR count). The summed E-state index contributed by atoms with van der Waals surface area (Å²) in [4.78, 5) is 40.0. The Morgan fingerprint density at radius 3 is 2.28 bits per heavy atom. The maximum atomic E-state index is 13.6. The van der Waals surface area contributed by atoms with Crippen LogP contribution in [-0.4, -0.2) is 46.3 Å². The average molecular weight is 402 g/mol. The van der Waals surface area contributed by atoms with E-state index in [4.69, 9.17) is 4.74 Å². The maximum Gasteiger partial charge on any atom is 0.354 e. The summed E-state index contributed by atoms with van der Waals surface area (Å²) in [5.41, 5.74) is 1.98. The van der Waals surface area contributed by atoms with E-state index in [1.165, 1.54) is 30.2 Å². The summed E-state index contributed by atoms with van der Waals surface area (Å²) in [7, 11) is 2.97. The Bertz CT molecular complexity index is 962. The third-order valence-corrected chi connectivity index (χ3v) is 5.21. The van der Waals surface area contributed by atoms with Crippen LogP contribution in [0, 0.1) is 19.7 Å². The molecular formula is C22H27FN2O4. The highest BCUT2D eigenvalue weighted by Crippen LogP contribution is 2.25. The first kappa shape index (κ1) is 22.3. The molecule has 0 aliphatic carbocycles. The zero-order valence-electron chi connectivity index (χ0n) is 17.9. The van der Waals surface area contributed by atoms with E-state index in [2.05, 4.69) is 0 Å². The van der Waals surface area contributed by atoms with Gasteiger partial charge in [0.15, 0.2) is 5.78 Å². The second kappa shape index (κ2) is 8.59. The van der Waals surface area contributed by atoms with Gasteiger partial charge in [-0.2, -0.15) is 0 Å². The number of carbonyl (C=O) groups excluding carboxylic acids is 3. The molecule has 0 saturated carbocycles. The van der Waals surface area contributed by atoms with Crippen LogP contribution in [0.3, 0.4) is 0 Å². The van der Waals surface area contributed by atoms with Gasteiger partial charge >= 0.3 is 5.97 Å². The predicted octanol–water partition coefficient (Wildman–Crippen LogP) is 3.69. The number of Topliss-reactive ketones (excluding diaryl/α,β-unsaturated/α-hetero) is 1. The highest BCUT2D eigenvalue weighted by atomic mass is 19.1. The molecule has 0 saturated heterocycles. The van der Waals surface area contributed by atoms with Crippen LogP contribution in [-0.2, 0) is 11.8 Å². The van der Waals surface area contributed by atoms with E-state index in [1.807, 2.05) is 0 Å². The summed E-state index contributed by atoms with van der Waals surface area (Å²) in [5, 5.41) is 0. The number of aromatic nitrogens is 1. The van der Waals surface area contributed by atoms with Gasteiger partial charge in [0.1, 0.15) is 11.5 Å². The van der Waals surface area contributed by atoms with Crippen LogP contribution in [0.5, 0.6) is 0 Å². The standard InChI is InChI=1S/C22H27FN2O4/c1-12(2)25(21(27)16-9-8-10-17(23)11-16)15(5)20(26)18-13(3)19(22(28)29-7)24(6)14(18)4/h8-12,15H,1-7H3/t15-/m1/s1. The minimum Gasteiger partial charge on any atom is -0.464 e. The smallest absolute Gasteiger partial charge is 0.354 e. The number of carbonyl (C=O) groups is 3. The number of rotatable bonds is 6.